The number of carbonyl (C=O) groups is 1. The number of para-hydroxylation sites is 1. The van der Waals surface area contributed by atoms with Crippen molar-refractivity contribution < 1.29 is 13.9 Å². The van der Waals surface area contributed by atoms with E-state index in [0.29, 0.717) is 5.82 Å². The highest BCUT2D eigenvalue weighted by molar-refractivity contribution is 6.04. The molecule has 4 aromatic rings. The van der Waals surface area contributed by atoms with E-state index >= 15 is 0 Å². The van der Waals surface area contributed by atoms with Crippen molar-refractivity contribution in [2.24, 2.45) is 0 Å². The van der Waals surface area contributed by atoms with Crippen molar-refractivity contribution in [2.75, 3.05) is 12.4 Å². The molecule has 0 spiro atoms. The Hall–Kier alpha value is -3.61. The fraction of sp³-hybridized carbons (Fsp3) is 0.143. The first kappa shape index (κ1) is 17.8. The molecule has 6 nitrogen and oxygen atoms in total. The van der Waals surface area contributed by atoms with Crippen molar-refractivity contribution in [1.29, 1.82) is 0 Å². The average Bonchev–Trinajstić information content (AvgIpc) is 3.31. The SMILES string of the molecule is CCn1c(-c2cc(NC(=O)c3ccc(OC)c(F)c3)n[nH]2)cc2ccccc21. The summed E-state index contributed by atoms with van der Waals surface area (Å²) in [5.74, 6) is -0.587. The van der Waals surface area contributed by atoms with Crippen LogP contribution in [0.25, 0.3) is 22.3 Å². The van der Waals surface area contributed by atoms with E-state index in [1.54, 1.807) is 6.07 Å². The maximum absolute atomic E-state index is 13.8. The van der Waals surface area contributed by atoms with Gasteiger partial charge >= 0.3 is 0 Å². The van der Waals surface area contributed by atoms with E-state index in [1.165, 1.54) is 19.2 Å². The molecule has 0 unspecified atom stereocenters. The van der Waals surface area contributed by atoms with Crippen molar-refractivity contribution in [2.45, 2.75) is 13.5 Å². The average molecular weight is 378 g/mol. The molecule has 7 heteroatoms. The van der Waals surface area contributed by atoms with E-state index < -0.39 is 11.7 Å². The summed E-state index contributed by atoms with van der Waals surface area (Å²) in [5, 5.41) is 11.0. The minimum absolute atomic E-state index is 0.0889. The van der Waals surface area contributed by atoms with Crippen molar-refractivity contribution in [1.82, 2.24) is 14.8 Å². The minimum atomic E-state index is -0.592. The number of aryl methyl sites for hydroxylation is 1. The normalized spacial score (nSPS) is 11.0. The molecule has 0 saturated heterocycles. The van der Waals surface area contributed by atoms with Gasteiger partial charge in [0.25, 0.3) is 5.91 Å². The maximum atomic E-state index is 13.8. The number of halogens is 1. The molecule has 28 heavy (non-hydrogen) atoms. The standard InChI is InChI=1S/C21H19FN4O2/c1-3-26-17-7-5-4-6-13(17)11-18(26)16-12-20(25-24-16)23-21(27)14-8-9-19(28-2)15(22)10-14/h4-12H,3H2,1-2H3,(H2,23,24,25,27). The Morgan fingerprint density at radius 3 is 2.79 bits per heavy atom. The molecule has 0 fully saturated rings. The molecule has 0 radical (unpaired) electrons. The highest BCUT2D eigenvalue weighted by Crippen LogP contribution is 2.28. The molecule has 2 heterocycles. The van der Waals surface area contributed by atoms with E-state index in [2.05, 4.69) is 45.2 Å². The number of methoxy groups -OCH3 is 1. The second-order valence-corrected chi connectivity index (χ2v) is 6.30. The summed E-state index contributed by atoms with van der Waals surface area (Å²) >= 11 is 0. The van der Waals surface area contributed by atoms with Crippen molar-refractivity contribution in [3.63, 3.8) is 0 Å². The third-order valence-corrected chi connectivity index (χ3v) is 4.64. The number of nitrogens with zero attached hydrogens (tertiary/aromatic N) is 2. The fourth-order valence-electron chi connectivity index (χ4n) is 3.29. The number of fused-ring (bicyclic) bond motifs is 1. The van der Waals surface area contributed by atoms with Gasteiger partial charge in [-0.2, -0.15) is 5.10 Å². The second kappa shape index (κ2) is 7.19. The lowest BCUT2D eigenvalue weighted by atomic mass is 10.2. The topological polar surface area (TPSA) is 71.9 Å². The Morgan fingerprint density at radius 2 is 2.04 bits per heavy atom. The molecule has 0 aliphatic carbocycles. The predicted molar refractivity (Wildman–Crippen MR) is 106 cm³/mol. The molecule has 4 rings (SSSR count). The molecule has 2 N–H and O–H groups in total. The third-order valence-electron chi connectivity index (χ3n) is 4.64. The highest BCUT2D eigenvalue weighted by Gasteiger charge is 2.15. The van der Waals surface area contributed by atoms with Gasteiger partial charge in [0.15, 0.2) is 17.4 Å². The molecule has 0 saturated carbocycles. The lowest BCUT2D eigenvalue weighted by molar-refractivity contribution is 0.102. The Kier molecular flexibility index (Phi) is 4.57. The monoisotopic (exact) mass is 378 g/mol. The first-order valence-corrected chi connectivity index (χ1v) is 8.89. The predicted octanol–water partition coefficient (Wildman–Crippen LogP) is 4.45. The molecule has 0 bridgehead atoms. The largest absolute Gasteiger partial charge is 0.494 e. The number of anilines is 1. The number of aromatic nitrogens is 3. The molecule has 2 aromatic heterocycles. The molecular formula is C21H19FN4O2. The molecular weight excluding hydrogens is 359 g/mol. The number of aromatic amines is 1. The Balaban J connectivity index is 1.60. The number of rotatable bonds is 5. The van der Waals surface area contributed by atoms with Gasteiger partial charge in [-0.05, 0) is 37.3 Å². The van der Waals surface area contributed by atoms with Crippen LogP contribution in [-0.4, -0.2) is 27.8 Å². The summed E-state index contributed by atoms with van der Waals surface area (Å²) in [7, 11) is 1.37. The van der Waals surface area contributed by atoms with Crippen LogP contribution in [-0.2, 0) is 6.54 Å². The van der Waals surface area contributed by atoms with E-state index in [0.717, 1.165) is 34.9 Å². The number of carbonyl (C=O) groups excluding carboxylic acids is 1. The van der Waals surface area contributed by atoms with E-state index in [9.17, 15) is 9.18 Å². The fourth-order valence-corrected chi connectivity index (χ4v) is 3.29. The first-order valence-electron chi connectivity index (χ1n) is 8.89. The molecule has 0 aliphatic rings. The molecule has 0 aliphatic heterocycles. The number of ether oxygens (including phenoxy) is 1. The Labute approximate surface area is 160 Å². The summed E-state index contributed by atoms with van der Waals surface area (Å²) in [5.41, 5.74) is 3.08. The number of nitrogens with one attached hydrogen (secondary N) is 2. The summed E-state index contributed by atoms with van der Waals surface area (Å²) in [6, 6.07) is 16.0. The Morgan fingerprint density at radius 1 is 1.21 bits per heavy atom. The Bertz CT molecular complexity index is 1160. The third kappa shape index (κ3) is 3.11. The first-order chi connectivity index (χ1) is 13.6. The van der Waals surface area contributed by atoms with Gasteiger partial charge in [-0.25, -0.2) is 4.39 Å². The minimum Gasteiger partial charge on any atom is -0.494 e. The lowest BCUT2D eigenvalue weighted by Gasteiger charge is -2.06. The zero-order chi connectivity index (χ0) is 19.7. The molecule has 2 aromatic carbocycles. The van der Waals surface area contributed by atoms with Crippen LogP contribution >= 0.6 is 0 Å². The van der Waals surface area contributed by atoms with Gasteiger partial charge < -0.3 is 14.6 Å². The second-order valence-electron chi connectivity index (χ2n) is 6.30. The van der Waals surface area contributed by atoms with Crippen LogP contribution < -0.4 is 10.1 Å². The van der Waals surface area contributed by atoms with Gasteiger partial charge in [-0.3, -0.25) is 9.89 Å². The molecule has 1 amide bonds. The van der Waals surface area contributed by atoms with E-state index in [1.807, 2.05) is 12.1 Å². The van der Waals surface area contributed by atoms with E-state index in [4.69, 9.17) is 4.74 Å². The zero-order valence-corrected chi connectivity index (χ0v) is 15.5. The van der Waals surface area contributed by atoms with Crippen molar-refractivity contribution in [3.8, 4) is 17.1 Å². The number of hydrogen-bond donors (Lipinski definition) is 2. The summed E-state index contributed by atoms with van der Waals surface area (Å²) in [6.45, 7) is 2.88. The van der Waals surface area contributed by atoms with Gasteiger partial charge in [0.2, 0.25) is 0 Å². The smallest absolute Gasteiger partial charge is 0.256 e. The number of amides is 1. The van der Waals surface area contributed by atoms with Gasteiger partial charge in [0, 0.05) is 29.1 Å². The summed E-state index contributed by atoms with van der Waals surface area (Å²) in [6.07, 6.45) is 0. The highest BCUT2D eigenvalue weighted by atomic mass is 19.1. The summed E-state index contributed by atoms with van der Waals surface area (Å²) in [4.78, 5) is 12.4. The van der Waals surface area contributed by atoms with E-state index in [-0.39, 0.29) is 11.3 Å². The van der Waals surface area contributed by atoms with Crippen LogP contribution in [0.4, 0.5) is 10.2 Å². The number of hydrogen-bond acceptors (Lipinski definition) is 3. The number of benzene rings is 2. The van der Waals surface area contributed by atoms with Gasteiger partial charge in [-0.1, -0.05) is 18.2 Å². The maximum Gasteiger partial charge on any atom is 0.256 e. The van der Waals surface area contributed by atoms with Crippen LogP contribution in [0, 0.1) is 5.82 Å². The summed E-state index contributed by atoms with van der Waals surface area (Å²) < 4.78 is 20.9. The molecule has 0 atom stereocenters. The van der Waals surface area contributed by atoms with Crippen LogP contribution in [0.3, 0.4) is 0 Å². The lowest BCUT2D eigenvalue weighted by Crippen LogP contribution is -2.12. The van der Waals surface area contributed by atoms with Gasteiger partial charge in [0.1, 0.15) is 0 Å². The molecule has 142 valence electrons. The van der Waals surface area contributed by atoms with Crippen LogP contribution in [0.15, 0.2) is 54.6 Å². The van der Waals surface area contributed by atoms with Crippen molar-refractivity contribution >= 4 is 22.6 Å². The van der Waals surface area contributed by atoms with Crippen LogP contribution in [0.5, 0.6) is 5.75 Å². The zero-order valence-electron chi connectivity index (χ0n) is 15.5. The van der Waals surface area contributed by atoms with Gasteiger partial charge in [-0.15, -0.1) is 0 Å². The number of H-pyrrole nitrogens is 1. The van der Waals surface area contributed by atoms with Crippen LogP contribution in [0.2, 0.25) is 0 Å². The quantitative estimate of drug-likeness (QED) is 0.539. The van der Waals surface area contributed by atoms with Crippen molar-refractivity contribution in [3.05, 3.63) is 66.0 Å². The van der Waals surface area contributed by atoms with Crippen LogP contribution in [0.1, 0.15) is 17.3 Å². The van der Waals surface area contributed by atoms with Gasteiger partial charge in [0.05, 0.1) is 18.5 Å².